The number of carbonyl (C=O) groups excluding carboxylic acids is 5. The molecule has 0 unspecified atom stereocenters. The average Bonchev–Trinajstić information content (AvgIpc) is 2.91. The highest BCUT2D eigenvalue weighted by Gasteiger charge is 2.20. The largest absolute Gasteiger partial charge is 0.356 e. The number of hydrogen-bond acceptors (Lipinski definition) is 6. The van der Waals surface area contributed by atoms with Gasteiger partial charge in [-0.2, -0.15) is 0 Å². The smallest absolute Gasteiger partial charge is 0.333 e. The molecular formula is C18H25N3O6. The van der Waals surface area contributed by atoms with E-state index in [1.54, 1.807) is 6.08 Å². The zero-order valence-corrected chi connectivity index (χ0v) is 15.7. The molecule has 1 aliphatic heterocycles. The van der Waals surface area contributed by atoms with Crippen LogP contribution in [0.2, 0.25) is 0 Å². The van der Waals surface area contributed by atoms with E-state index in [0.29, 0.717) is 36.6 Å². The molecule has 0 aromatic heterocycles. The summed E-state index contributed by atoms with van der Waals surface area (Å²) in [5, 5.41) is 3.17. The predicted octanol–water partition coefficient (Wildman–Crippen LogP) is 0.818. The van der Waals surface area contributed by atoms with Crippen LogP contribution in [0.4, 0.5) is 0 Å². The first kappa shape index (κ1) is 22.1. The molecule has 27 heavy (non-hydrogen) atoms. The van der Waals surface area contributed by atoms with E-state index in [0.717, 1.165) is 13.8 Å². The highest BCUT2D eigenvalue weighted by molar-refractivity contribution is 5.93. The van der Waals surface area contributed by atoms with Crippen molar-refractivity contribution >= 4 is 29.6 Å². The second kappa shape index (κ2) is 10.9. The first-order chi connectivity index (χ1) is 12.7. The van der Waals surface area contributed by atoms with Gasteiger partial charge in [-0.3, -0.25) is 19.2 Å². The number of rotatable bonds is 9. The summed E-state index contributed by atoms with van der Waals surface area (Å²) < 4.78 is 0. The monoisotopic (exact) mass is 379 g/mol. The third-order valence-electron chi connectivity index (χ3n) is 3.74. The lowest BCUT2D eigenvalue weighted by Crippen LogP contribution is -2.35. The minimum atomic E-state index is -0.659. The van der Waals surface area contributed by atoms with Gasteiger partial charge in [-0.05, 0) is 18.9 Å². The van der Waals surface area contributed by atoms with Crippen molar-refractivity contribution in [1.29, 1.82) is 0 Å². The van der Waals surface area contributed by atoms with Crippen LogP contribution < -0.4 is 5.32 Å². The Hall–Kier alpha value is -2.97. The van der Waals surface area contributed by atoms with Gasteiger partial charge in [-0.15, -0.1) is 5.06 Å². The van der Waals surface area contributed by atoms with E-state index in [9.17, 15) is 24.0 Å². The number of nitrogens with zero attached hydrogens (tertiary/aromatic N) is 2. The van der Waals surface area contributed by atoms with Crippen LogP contribution in [0.15, 0.2) is 24.4 Å². The van der Waals surface area contributed by atoms with Crippen LogP contribution >= 0.6 is 0 Å². The molecule has 0 aliphatic carbocycles. The van der Waals surface area contributed by atoms with Crippen LogP contribution in [-0.2, 0) is 28.8 Å². The van der Waals surface area contributed by atoms with Gasteiger partial charge in [0.25, 0.3) is 17.7 Å². The van der Waals surface area contributed by atoms with Crippen LogP contribution in [0.25, 0.3) is 0 Å². The number of carbonyl (C=O) groups is 5. The Labute approximate surface area is 158 Å². The van der Waals surface area contributed by atoms with E-state index in [4.69, 9.17) is 4.84 Å². The Balaban J connectivity index is 2.09. The summed E-state index contributed by atoms with van der Waals surface area (Å²) in [7, 11) is 0. The first-order valence-electron chi connectivity index (χ1n) is 8.69. The summed E-state index contributed by atoms with van der Waals surface area (Å²) in [6, 6.07) is 0. The molecule has 0 radical (unpaired) electrons. The van der Waals surface area contributed by atoms with Crippen molar-refractivity contribution in [3.05, 3.63) is 24.4 Å². The Morgan fingerprint density at radius 3 is 2.30 bits per heavy atom. The maximum Gasteiger partial charge on any atom is 0.333 e. The molecule has 9 nitrogen and oxygen atoms in total. The van der Waals surface area contributed by atoms with Crippen LogP contribution in [0.5, 0.6) is 0 Å². The Kier molecular flexibility index (Phi) is 8.91. The molecule has 0 saturated heterocycles. The molecule has 1 N–H and O–H groups in total. The number of imide groups is 1. The van der Waals surface area contributed by atoms with Crippen LogP contribution in [0.3, 0.4) is 0 Å². The van der Waals surface area contributed by atoms with Crippen LogP contribution in [0, 0.1) is 0 Å². The van der Waals surface area contributed by atoms with Crippen molar-refractivity contribution in [3.63, 3.8) is 0 Å². The molecule has 1 rings (SSSR count). The number of amides is 4. The van der Waals surface area contributed by atoms with Gasteiger partial charge >= 0.3 is 5.97 Å². The zero-order chi connectivity index (χ0) is 20.4. The SMILES string of the molecule is C=C1C=CC(=O)N1CCC(=O)NCCCCCC(=O)ON(C(C)=O)C(C)=O. The second-order valence-electron chi connectivity index (χ2n) is 6.02. The molecule has 1 aliphatic rings. The fourth-order valence-electron chi connectivity index (χ4n) is 2.34. The van der Waals surface area contributed by atoms with Gasteiger partial charge in [0.2, 0.25) is 5.91 Å². The van der Waals surface area contributed by atoms with Crippen molar-refractivity contribution in [2.45, 2.75) is 46.0 Å². The number of unbranched alkanes of at least 4 members (excludes halogenated alkanes) is 2. The summed E-state index contributed by atoms with van der Waals surface area (Å²) in [6.07, 6.45) is 5.11. The molecule has 1 heterocycles. The van der Waals surface area contributed by atoms with Crippen molar-refractivity contribution in [2.75, 3.05) is 13.1 Å². The maximum atomic E-state index is 11.8. The normalized spacial score (nSPS) is 12.9. The second-order valence-corrected chi connectivity index (χ2v) is 6.02. The predicted molar refractivity (Wildman–Crippen MR) is 95.4 cm³/mol. The standard InChI is InChI=1S/C18H25N3O6/c1-13-8-9-17(25)20(13)12-10-16(24)19-11-6-4-5-7-18(26)27-21(14(2)22)15(3)23/h8-9H,1,4-7,10-12H2,2-3H3,(H,19,24). The van der Waals surface area contributed by atoms with Crippen molar-refractivity contribution in [2.24, 2.45) is 0 Å². The van der Waals surface area contributed by atoms with Crippen molar-refractivity contribution in [1.82, 2.24) is 15.3 Å². The van der Waals surface area contributed by atoms with Gasteiger partial charge in [0.15, 0.2) is 0 Å². The lowest BCUT2D eigenvalue weighted by Gasteiger charge is -2.16. The van der Waals surface area contributed by atoms with Gasteiger partial charge in [-0.25, -0.2) is 4.79 Å². The third kappa shape index (κ3) is 7.85. The van der Waals surface area contributed by atoms with E-state index < -0.39 is 17.8 Å². The van der Waals surface area contributed by atoms with E-state index in [1.807, 2.05) is 0 Å². The third-order valence-corrected chi connectivity index (χ3v) is 3.74. The van der Waals surface area contributed by atoms with E-state index in [1.165, 1.54) is 11.0 Å². The molecule has 148 valence electrons. The Bertz CT molecular complexity index is 623. The maximum absolute atomic E-state index is 11.8. The summed E-state index contributed by atoms with van der Waals surface area (Å²) in [4.78, 5) is 63.2. The minimum Gasteiger partial charge on any atom is -0.356 e. The molecule has 0 atom stereocenters. The Morgan fingerprint density at radius 2 is 1.74 bits per heavy atom. The molecule has 9 heteroatoms. The number of nitrogens with one attached hydrogen (secondary N) is 1. The highest BCUT2D eigenvalue weighted by atomic mass is 16.7. The fourth-order valence-corrected chi connectivity index (χ4v) is 2.34. The molecule has 4 amide bonds. The van der Waals surface area contributed by atoms with Crippen LogP contribution in [-0.4, -0.2) is 52.7 Å². The van der Waals surface area contributed by atoms with Crippen molar-refractivity contribution < 1.29 is 28.8 Å². The first-order valence-corrected chi connectivity index (χ1v) is 8.69. The van der Waals surface area contributed by atoms with Gasteiger partial charge < -0.3 is 15.1 Å². The van der Waals surface area contributed by atoms with Gasteiger partial charge in [-0.1, -0.05) is 13.0 Å². The van der Waals surface area contributed by atoms with Gasteiger partial charge in [0.1, 0.15) is 0 Å². The topological polar surface area (TPSA) is 113 Å². The highest BCUT2D eigenvalue weighted by Crippen LogP contribution is 2.12. The molecular weight excluding hydrogens is 354 g/mol. The summed E-state index contributed by atoms with van der Waals surface area (Å²) in [5.74, 6) is -2.32. The molecule has 0 spiro atoms. The lowest BCUT2D eigenvalue weighted by atomic mass is 10.2. The molecule has 0 saturated carbocycles. The molecule has 0 bridgehead atoms. The van der Waals surface area contributed by atoms with Crippen molar-refractivity contribution in [3.8, 4) is 0 Å². The van der Waals surface area contributed by atoms with Gasteiger partial charge in [0, 0.05) is 51.6 Å². The molecule has 0 fully saturated rings. The number of hydrogen-bond donors (Lipinski definition) is 1. The molecule has 0 aromatic carbocycles. The fraction of sp³-hybridized carbons (Fsp3) is 0.500. The number of allylic oxidation sites excluding steroid dienone is 1. The lowest BCUT2D eigenvalue weighted by molar-refractivity contribution is -0.200. The summed E-state index contributed by atoms with van der Waals surface area (Å²) in [6.45, 7) is 6.71. The Morgan fingerprint density at radius 1 is 1.07 bits per heavy atom. The summed E-state index contributed by atoms with van der Waals surface area (Å²) in [5.41, 5.74) is 0.577. The van der Waals surface area contributed by atoms with E-state index in [-0.39, 0.29) is 31.2 Å². The zero-order valence-electron chi connectivity index (χ0n) is 15.7. The average molecular weight is 379 g/mol. The van der Waals surface area contributed by atoms with Gasteiger partial charge in [0.05, 0.1) is 0 Å². The number of hydroxylamine groups is 2. The van der Waals surface area contributed by atoms with E-state index >= 15 is 0 Å². The summed E-state index contributed by atoms with van der Waals surface area (Å²) >= 11 is 0. The van der Waals surface area contributed by atoms with Crippen LogP contribution in [0.1, 0.15) is 46.0 Å². The van der Waals surface area contributed by atoms with E-state index in [2.05, 4.69) is 11.9 Å². The molecule has 0 aromatic rings. The minimum absolute atomic E-state index is 0.0667. The quantitative estimate of drug-likeness (QED) is 0.469.